The lowest BCUT2D eigenvalue weighted by molar-refractivity contribution is -0.134. The number of hydrogen-bond acceptors (Lipinski definition) is 12. The van der Waals surface area contributed by atoms with Gasteiger partial charge in [-0.3, -0.25) is 14.8 Å². The number of hydrogen-bond donors (Lipinski definition) is 5. The highest BCUT2D eigenvalue weighted by molar-refractivity contribution is 7.85. The third-order valence-electron chi connectivity index (χ3n) is 6.45. The van der Waals surface area contributed by atoms with Crippen LogP contribution in [0.2, 0.25) is 0 Å². The van der Waals surface area contributed by atoms with Crippen molar-refractivity contribution in [2.24, 2.45) is 25.6 Å². The summed E-state index contributed by atoms with van der Waals surface area (Å²) in [4.78, 5) is 22.5. The Labute approximate surface area is 262 Å². The molecule has 1 aliphatic rings. The largest absolute Gasteiger partial charge is 0.478 e. The van der Waals surface area contributed by atoms with Crippen LogP contribution >= 0.6 is 0 Å². The van der Waals surface area contributed by atoms with Crippen LogP contribution < -0.4 is 16.9 Å². The topological polar surface area (TPSA) is 235 Å². The molecular formula is C31H24N8O6S. The minimum atomic E-state index is -4.32. The molecule has 0 spiro atoms. The van der Waals surface area contributed by atoms with E-state index in [1.807, 2.05) is 24.3 Å². The quantitative estimate of drug-likeness (QED) is 0.0335. The second kappa shape index (κ2) is 13.1. The molecule has 0 fully saturated rings. The first kappa shape index (κ1) is 31.1. The molecule has 46 heavy (non-hydrogen) atoms. The van der Waals surface area contributed by atoms with Gasteiger partial charge in [0.2, 0.25) is 0 Å². The third-order valence-corrected chi connectivity index (χ3v) is 7.32. The Kier molecular flexibility index (Phi) is 8.88. The first-order valence-electron chi connectivity index (χ1n) is 13.3. The number of hydrazone groups is 1. The predicted molar refractivity (Wildman–Crippen MR) is 173 cm³/mol. The average molecular weight is 637 g/mol. The summed E-state index contributed by atoms with van der Waals surface area (Å²) in [6.45, 7) is 0. The van der Waals surface area contributed by atoms with Crippen molar-refractivity contribution in [3.8, 4) is 11.1 Å². The fourth-order valence-electron chi connectivity index (χ4n) is 4.03. The highest BCUT2D eigenvalue weighted by Crippen LogP contribution is 2.35. The highest BCUT2D eigenvalue weighted by Gasteiger charge is 2.18. The van der Waals surface area contributed by atoms with Gasteiger partial charge in [0.1, 0.15) is 16.9 Å². The van der Waals surface area contributed by atoms with Crippen molar-refractivity contribution in [2.75, 3.05) is 16.9 Å². The molecule has 0 saturated carbocycles. The van der Waals surface area contributed by atoms with E-state index < -0.39 is 21.9 Å². The monoisotopic (exact) mass is 636 g/mol. The van der Waals surface area contributed by atoms with E-state index in [4.69, 9.17) is 21.1 Å². The van der Waals surface area contributed by atoms with Crippen LogP contribution in [-0.4, -0.2) is 35.5 Å². The molecule has 0 atom stereocenters. The molecule has 230 valence electrons. The van der Waals surface area contributed by atoms with Gasteiger partial charge in [0, 0.05) is 0 Å². The number of nitrogens with one attached hydrogen (secondary N) is 1. The number of carboxylic acids is 1. The number of carbonyl (C=O) groups is 2. The molecular weight excluding hydrogens is 612 g/mol. The van der Waals surface area contributed by atoms with Crippen molar-refractivity contribution in [3.05, 3.63) is 109 Å². The number of allylic oxidation sites excluding steroid dienone is 3. The van der Waals surface area contributed by atoms with Crippen molar-refractivity contribution in [3.63, 3.8) is 0 Å². The van der Waals surface area contributed by atoms with Crippen LogP contribution in [0.1, 0.15) is 0 Å². The number of aliphatic carboxylic acids is 1. The number of benzene rings is 4. The van der Waals surface area contributed by atoms with Gasteiger partial charge in [0.15, 0.2) is 5.78 Å². The minimum absolute atomic E-state index is 0.249. The number of carboxylic acid groups (broad SMARTS) is 1. The van der Waals surface area contributed by atoms with Crippen LogP contribution in [-0.2, 0) is 19.7 Å². The van der Waals surface area contributed by atoms with E-state index >= 15 is 0 Å². The zero-order chi connectivity index (χ0) is 32.8. The number of nitrogens with two attached hydrogens (primary N) is 2. The van der Waals surface area contributed by atoms with Crippen LogP contribution in [0.25, 0.3) is 11.1 Å². The Balaban J connectivity index is 1.24. The van der Waals surface area contributed by atoms with Gasteiger partial charge in [-0.1, -0.05) is 24.3 Å². The Morgan fingerprint density at radius 2 is 1.24 bits per heavy atom. The second-order valence-electron chi connectivity index (χ2n) is 9.67. The molecule has 4 aromatic rings. The fraction of sp³-hybridized carbons (Fsp3) is 0. The zero-order valence-electron chi connectivity index (χ0n) is 23.6. The summed E-state index contributed by atoms with van der Waals surface area (Å²) in [6, 6.07) is 22.8. The van der Waals surface area contributed by atoms with E-state index in [9.17, 15) is 18.0 Å². The fourth-order valence-corrected chi connectivity index (χ4v) is 4.51. The molecule has 0 heterocycles. The summed E-state index contributed by atoms with van der Waals surface area (Å²) in [7, 11) is -4.32. The molecule has 0 bridgehead atoms. The Morgan fingerprint density at radius 1 is 0.717 bits per heavy atom. The molecule has 0 aliphatic heterocycles. The number of ketones is 1. The first-order chi connectivity index (χ1) is 22.0. The standard InChI is InChI=1S/C31H24N8O6S/c32-26-16-27(33)29(39-36-22-9-12-24(13-10-22)46(43,44)45)17-28(26)38-35-21-7-3-19(4-8-21)18-1-5-20(6-2-18)34-37-23-11-14-30(40)25(15-23)31(41)42/h1-17,34H,32-33H2,(H,41,42)(H,43,44,45)/b37-23+,38-35?,39-36?. The SMILES string of the molecule is Nc1cc(N)c(N=Nc2ccc(S(=O)(=O)O)cc2)cc1N=Nc1ccc(-c2ccc(N/N=C3\C=CC(=O)C(C(=O)O)=C3)cc2)cc1. The van der Waals surface area contributed by atoms with E-state index in [1.165, 1.54) is 48.6 Å². The second-order valence-corrected chi connectivity index (χ2v) is 11.1. The van der Waals surface area contributed by atoms with Crippen molar-refractivity contribution in [2.45, 2.75) is 4.90 Å². The molecule has 0 unspecified atom stereocenters. The number of nitrogens with zero attached hydrogens (tertiary/aromatic N) is 5. The van der Waals surface area contributed by atoms with Gasteiger partial charge >= 0.3 is 5.97 Å². The minimum Gasteiger partial charge on any atom is -0.478 e. The van der Waals surface area contributed by atoms with E-state index in [-0.39, 0.29) is 27.5 Å². The van der Waals surface area contributed by atoms with Gasteiger partial charge in [-0.2, -0.15) is 23.7 Å². The molecule has 15 heteroatoms. The number of azo groups is 2. The summed E-state index contributed by atoms with van der Waals surface area (Å²) >= 11 is 0. The van der Waals surface area contributed by atoms with Crippen LogP contribution in [0.15, 0.2) is 139 Å². The smallest absolute Gasteiger partial charge is 0.339 e. The van der Waals surface area contributed by atoms with Gasteiger partial charge in [0.25, 0.3) is 10.1 Å². The lowest BCUT2D eigenvalue weighted by Crippen LogP contribution is -2.15. The van der Waals surface area contributed by atoms with Gasteiger partial charge in [-0.25, -0.2) is 4.79 Å². The van der Waals surface area contributed by atoms with E-state index in [2.05, 4.69) is 31.0 Å². The van der Waals surface area contributed by atoms with Crippen LogP contribution in [0.4, 0.5) is 39.8 Å². The Hall–Kier alpha value is -6.32. The molecule has 14 nitrogen and oxygen atoms in total. The van der Waals surface area contributed by atoms with Crippen LogP contribution in [0.5, 0.6) is 0 Å². The molecule has 4 aromatic carbocycles. The number of nitrogen functional groups attached to an aromatic ring is 2. The van der Waals surface area contributed by atoms with Crippen LogP contribution in [0, 0.1) is 0 Å². The van der Waals surface area contributed by atoms with Gasteiger partial charge in [-0.15, -0.1) is 10.2 Å². The third kappa shape index (κ3) is 7.60. The molecule has 0 radical (unpaired) electrons. The maximum Gasteiger partial charge on any atom is 0.339 e. The van der Waals surface area contributed by atoms with Crippen LogP contribution in [0.3, 0.4) is 0 Å². The maximum atomic E-state index is 11.6. The Bertz CT molecular complexity index is 2090. The lowest BCUT2D eigenvalue weighted by atomic mass is 10.0. The Morgan fingerprint density at radius 3 is 1.76 bits per heavy atom. The first-order valence-corrected chi connectivity index (χ1v) is 14.7. The maximum absolute atomic E-state index is 11.6. The summed E-state index contributed by atoms with van der Waals surface area (Å²) in [6.07, 6.45) is 3.80. The summed E-state index contributed by atoms with van der Waals surface area (Å²) in [5.74, 6) is -1.90. The van der Waals surface area contributed by atoms with Crippen molar-refractivity contribution in [1.82, 2.24) is 0 Å². The van der Waals surface area contributed by atoms with Gasteiger partial charge < -0.3 is 16.6 Å². The lowest BCUT2D eigenvalue weighted by Gasteiger charge is -2.07. The zero-order valence-corrected chi connectivity index (χ0v) is 24.5. The van der Waals surface area contributed by atoms with Gasteiger partial charge in [-0.05, 0) is 90.0 Å². The molecule has 7 N–H and O–H groups in total. The number of anilines is 3. The predicted octanol–water partition coefficient (Wildman–Crippen LogP) is 6.51. The highest BCUT2D eigenvalue weighted by atomic mass is 32.2. The molecule has 1 aliphatic carbocycles. The summed E-state index contributed by atoms with van der Waals surface area (Å²) in [5, 5.41) is 29.9. The number of rotatable bonds is 9. The van der Waals surface area contributed by atoms with Gasteiger partial charge in [0.05, 0.1) is 39.0 Å². The molecule has 0 aromatic heterocycles. The summed E-state index contributed by atoms with van der Waals surface area (Å²) < 4.78 is 31.5. The van der Waals surface area contributed by atoms with Crippen molar-refractivity contribution < 1.29 is 27.7 Å². The molecule has 5 rings (SSSR count). The molecule has 0 saturated heterocycles. The van der Waals surface area contributed by atoms with E-state index in [0.29, 0.717) is 28.5 Å². The van der Waals surface area contributed by atoms with Crippen molar-refractivity contribution in [1.29, 1.82) is 0 Å². The average Bonchev–Trinajstić information content (AvgIpc) is 3.03. The normalized spacial score (nSPS) is 14.2. The molecule has 0 amide bonds. The summed E-state index contributed by atoms with van der Waals surface area (Å²) in [5.41, 5.74) is 19.4. The van der Waals surface area contributed by atoms with E-state index in [0.717, 1.165) is 17.2 Å². The van der Waals surface area contributed by atoms with Crippen molar-refractivity contribution >= 4 is 67.4 Å². The van der Waals surface area contributed by atoms with E-state index in [1.54, 1.807) is 24.3 Å². The number of carbonyl (C=O) groups excluding carboxylic acids is 1.